The number of methoxy groups -OCH3 is 1. The van der Waals surface area contributed by atoms with Crippen LogP contribution in [0, 0.1) is 5.41 Å². The second-order valence-corrected chi connectivity index (χ2v) is 5.95. The Morgan fingerprint density at radius 2 is 1.85 bits per heavy atom. The predicted molar refractivity (Wildman–Crippen MR) is 102 cm³/mol. The minimum Gasteiger partial charge on any atom is -0.497 e. The van der Waals surface area contributed by atoms with Crippen molar-refractivity contribution in [2.24, 2.45) is 5.10 Å². The third-order valence-corrected chi connectivity index (χ3v) is 4.28. The second-order valence-electron chi connectivity index (χ2n) is 5.95. The van der Waals surface area contributed by atoms with Crippen LogP contribution in [0.1, 0.15) is 11.1 Å². The number of nitrogens with one attached hydrogen (secondary N) is 2. The molecule has 7 nitrogen and oxygen atoms in total. The predicted octanol–water partition coefficient (Wildman–Crippen LogP) is 1.30. The Bertz CT molecular complexity index is 1200. The largest absolute Gasteiger partial charge is 0.497 e. The number of aromatic nitrogens is 1. The Morgan fingerprint density at radius 1 is 1.15 bits per heavy atom. The maximum atomic E-state index is 12.5. The van der Waals surface area contributed by atoms with Gasteiger partial charge in [-0.05, 0) is 35.9 Å². The van der Waals surface area contributed by atoms with Crippen LogP contribution in [0.25, 0.3) is 6.08 Å². The first-order chi connectivity index (χ1) is 13.1. The number of fused-ring (bicyclic) bond motifs is 1. The maximum absolute atomic E-state index is 12.5. The fourth-order valence-corrected chi connectivity index (χ4v) is 2.93. The number of hydrogen-bond donors (Lipinski definition) is 3. The van der Waals surface area contributed by atoms with Crippen LogP contribution < -0.4 is 25.9 Å². The molecule has 0 bridgehead atoms. The first-order valence-electron chi connectivity index (χ1n) is 8.22. The van der Waals surface area contributed by atoms with Gasteiger partial charge in [0.2, 0.25) is 5.88 Å². The van der Waals surface area contributed by atoms with E-state index in [-0.39, 0.29) is 27.9 Å². The number of rotatable bonds is 3. The number of aromatic hydroxyl groups is 1. The van der Waals surface area contributed by atoms with Gasteiger partial charge in [0.1, 0.15) is 16.7 Å². The number of para-hydroxylation sites is 1. The van der Waals surface area contributed by atoms with Gasteiger partial charge in [-0.3, -0.25) is 15.2 Å². The molecule has 3 N–H and O–H groups in total. The fraction of sp³-hybridized carbons (Fsp3) is 0.0500. The number of amidine groups is 1. The lowest BCUT2D eigenvalue weighted by atomic mass is 10.1. The average molecular weight is 360 g/mol. The molecule has 2 heterocycles. The molecule has 0 saturated carbocycles. The van der Waals surface area contributed by atoms with E-state index in [1.165, 1.54) is 5.01 Å². The minimum atomic E-state index is -0.478. The van der Waals surface area contributed by atoms with E-state index in [9.17, 15) is 9.90 Å². The van der Waals surface area contributed by atoms with E-state index in [4.69, 9.17) is 10.1 Å². The lowest BCUT2D eigenvalue weighted by Crippen LogP contribution is -2.42. The van der Waals surface area contributed by atoms with E-state index >= 15 is 0 Å². The number of anilines is 1. The van der Waals surface area contributed by atoms with E-state index in [1.807, 2.05) is 30.3 Å². The van der Waals surface area contributed by atoms with Gasteiger partial charge in [0.05, 0.1) is 18.0 Å². The van der Waals surface area contributed by atoms with E-state index in [0.717, 1.165) is 5.56 Å². The summed E-state index contributed by atoms with van der Waals surface area (Å²) < 4.78 is 5.14. The number of nitrogens with zero attached hydrogens (tertiary/aromatic N) is 2. The highest BCUT2D eigenvalue weighted by molar-refractivity contribution is 6.10. The Labute approximate surface area is 154 Å². The summed E-state index contributed by atoms with van der Waals surface area (Å²) in [4.78, 5) is 14.9. The summed E-state index contributed by atoms with van der Waals surface area (Å²) in [5, 5.41) is 24.9. The summed E-state index contributed by atoms with van der Waals surface area (Å²) in [6.45, 7) is 0. The van der Waals surface area contributed by atoms with Crippen molar-refractivity contribution in [1.82, 2.24) is 4.98 Å². The van der Waals surface area contributed by atoms with Crippen LogP contribution in [0.5, 0.6) is 11.6 Å². The number of pyridine rings is 1. The highest BCUT2D eigenvalue weighted by Gasteiger charge is 2.26. The zero-order valence-electron chi connectivity index (χ0n) is 14.4. The SMILES string of the molecule is COc1ccc(C=c2c(=O)[nH]c(O)c3c2=NN(c2ccccc2)C3=N)cc1. The van der Waals surface area contributed by atoms with Gasteiger partial charge in [-0.25, -0.2) is 5.01 Å². The van der Waals surface area contributed by atoms with Gasteiger partial charge >= 0.3 is 0 Å². The molecule has 0 unspecified atom stereocenters. The van der Waals surface area contributed by atoms with Crippen LogP contribution >= 0.6 is 0 Å². The highest BCUT2D eigenvalue weighted by Crippen LogP contribution is 2.21. The molecule has 134 valence electrons. The summed E-state index contributed by atoms with van der Waals surface area (Å²) in [6.07, 6.45) is 1.67. The zero-order valence-corrected chi connectivity index (χ0v) is 14.4. The summed E-state index contributed by atoms with van der Waals surface area (Å²) in [6, 6.07) is 16.3. The molecule has 1 aliphatic heterocycles. The van der Waals surface area contributed by atoms with Crippen LogP contribution in [0.3, 0.4) is 0 Å². The van der Waals surface area contributed by atoms with Gasteiger partial charge in [0.25, 0.3) is 5.56 Å². The van der Waals surface area contributed by atoms with Crippen molar-refractivity contribution >= 4 is 17.6 Å². The van der Waals surface area contributed by atoms with Crippen LogP contribution in [0.2, 0.25) is 0 Å². The molecule has 0 amide bonds. The quantitative estimate of drug-likeness (QED) is 0.655. The zero-order chi connectivity index (χ0) is 19.0. The number of hydrogen-bond acceptors (Lipinski definition) is 5. The molecule has 1 aliphatic rings. The Kier molecular flexibility index (Phi) is 3.97. The van der Waals surface area contributed by atoms with Crippen molar-refractivity contribution in [2.45, 2.75) is 0 Å². The van der Waals surface area contributed by atoms with Crippen molar-refractivity contribution in [3.63, 3.8) is 0 Å². The molecule has 0 radical (unpaired) electrons. The van der Waals surface area contributed by atoms with Crippen LogP contribution in [0.15, 0.2) is 64.5 Å². The molecular formula is C20H16N4O3. The second kappa shape index (κ2) is 6.45. The molecule has 3 aromatic rings. The normalized spacial score (nSPS) is 13.4. The lowest BCUT2D eigenvalue weighted by molar-refractivity contribution is 0.415. The first kappa shape index (κ1) is 16.6. The molecule has 0 atom stereocenters. The average Bonchev–Trinajstić information content (AvgIpc) is 3.04. The van der Waals surface area contributed by atoms with Gasteiger partial charge < -0.3 is 9.84 Å². The summed E-state index contributed by atoms with van der Waals surface area (Å²) >= 11 is 0. The Hall–Kier alpha value is -3.87. The standard InChI is InChI=1S/C20H16N4O3/c1-27-14-9-7-12(8-10-14)11-15-17-16(20(26)22-19(15)25)18(21)24(23-17)13-5-3-2-4-6-13/h2-11,21,26H,1H3,(H,22,25). The topological polar surface area (TPSA) is 102 Å². The van der Waals surface area contributed by atoms with Crippen molar-refractivity contribution in [3.8, 4) is 11.6 Å². The van der Waals surface area contributed by atoms with Gasteiger partial charge in [-0.2, -0.15) is 5.10 Å². The molecule has 4 rings (SSSR count). The fourth-order valence-electron chi connectivity index (χ4n) is 2.93. The van der Waals surface area contributed by atoms with Crippen LogP contribution in [0.4, 0.5) is 5.69 Å². The lowest BCUT2D eigenvalue weighted by Gasteiger charge is -2.13. The third kappa shape index (κ3) is 2.85. The van der Waals surface area contributed by atoms with Crippen LogP contribution in [-0.4, -0.2) is 23.0 Å². The molecule has 27 heavy (non-hydrogen) atoms. The van der Waals surface area contributed by atoms with E-state index in [0.29, 0.717) is 11.4 Å². The smallest absolute Gasteiger partial charge is 0.260 e. The van der Waals surface area contributed by atoms with Gasteiger partial charge in [0, 0.05) is 0 Å². The third-order valence-electron chi connectivity index (χ3n) is 4.28. The maximum Gasteiger partial charge on any atom is 0.260 e. The van der Waals surface area contributed by atoms with E-state index < -0.39 is 5.56 Å². The van der Waals surface area contributed by atoms with Crippen molar-refractivity contribution in [3.05, 3.63) is 86.7 Å². The van der Waals surface area contributed by atoms with Gasteiger partial charge in [-0.1, -0.05) is 30.3 Å². The molecule has 0 saturated heterocycles. The Morgan fingerprint density at radius 3 is 2.52 bits per heavy atom. The first-order valence-corrected chi connectivity index (χ1v) is 8.22. The van der Waals surface area contributed by atoms with Crippen molar-refractivity contribution in [1.29, 1.82) is 5.41 Å². The van der Waals surface area contributed by atoms with E-state index in [1.54, 1.807) is 37.5 Å². The van der Waals surface area contributed by atoms with Gasteiger partial charge in [-0.15, -0.1) is 0 Å². The molecule has 0 fully saturated rings. The molecule has 7 heteroatoms. The minimum absolute atomic E-state index is 0.00525. The number of benzene rings is 2. The molecular weight excluding hydrogens is 344 g/mol. The van der Waals surface area contributed by atoms with Crippen molar-refractivity contribution in [2.75, 3.05) is 12.1 Å². The molecule has 0 aliphatic carbocycles. The Balaban J connectivity index is 1.94. The molecule has 1 aromatic heterocycles. The highest BCUT2D eigenvalue weighted by atomic mass is 16.5. The number of aromatic amines is 1. The summed E-state index contributed by atoms with van der Waals surface area (Å²) in [7, 11) is 1.58. The van der Waals surface area contributed by atoms with Crippen molar-refractivity contribution < 1.29 is 9.84 Å². The molecule has 2 aromatic carbocycles. The number of H-pyrrole nitrogens is 1. The van der Waals surface area contributed by atoms with Gasteiger partial charge in [0.15, 0.2) is 5.84 Å². The summed E-state index contributed by atoms with van der Waals surface area (Å²) in [5.41, 5.74) is 1.15. The summed E-state index contributed by atoms with van der Waals surface area (Å²) in [5.74, 6) is 0.335. The van der Waals surface area contributed by atoms with E-state index in [2.05, 4.69) is 10.1 Å². The number of ether oxygens (including phenoxy) is 1. The monoisotopic (exact) mass is 360 g/mol. The van der Waals surface area contributed by atoms with Crippen LogP contribution in [-0.2, 0) is 0 Å². The molecule has 0 spiro atoms.